The molecule has 0 aliphatic carbocycles. The topological polar surface area (TPSA) is 102 Å². The van der Waals surface area contributed by atoms with Crippen molar-refractivity contribution in [2.24, 2.45) is 0 Å². The number of fused-ring (bicyclic) bond motifs is 1. The summed E-state index contributed by atoms with van der Waals surface area (Å²) in [5.41, 5.74) is 4.60. The van der Waals surface area contributed by atoms with Gasteiger partial charge in [-0.1, -0.05) is 26.0 Å². The van der Waals surface area contributed by atoms with Crippen LogP contribution in [0.4, 0.5) is 17.1 Å². The molecule has 1 fully saturated rings. The first-order chi connectivity index (χ1) is 16.9. The van der Waals surface area contributed by atoms with Crippen molar-refractivity contribution in [2.45, 2.75) is 32.6 Å². The molecule has 35 heavy (non-hydrogen) atoms. The van der Waals surface area contributed by atoms with E-state index in [-0.39, 0.29) is 11.3 Å². The first-order valence-electron chi connectivity index (χ1n) is 11.7. The zero-order valence-electron chi connectivity index (χ0n) is 19.7. The Kier molecular flexibility index (Phi) is 5.94. The number of benzene rings is 3. The van der Waals surface area contributed by atoms with Crippen LogP contribution in [-0.4, -0.2) is 28.9 Å². The Hall–Kier alpha value is -4.20. The van der Waals surface area contributed by atoms with Crippen molar-refractivity contribution in [3.63, 3.8) is 0 Å². The number of nitrogens with one attached hydrogen (secondary N) is 1. The van der Waals surface area contributed by atoms with Crippen LogP contribution in [0.2, 0.25) is 0 Å². The lowest BCUT2D eigenvalue weighted by atomic mass is 10.0. The lowest BCUT2D eigenvalue weighted by Gasteiger charge is -2.17. The van der Waals surface area contributed by atoms with Crippen LogP contribution in [-0.2, 0) is 0 Å². The van der Waals surface area contributed by atoms with E-state index in [0.29, 0.717) is 34.3 Å². The SMILES string of the molecule is CC(C)c1ccc(-c2nc3cc(NC(=O)c4ccc(N5CCCC5)c([N+](=O)[O-])c4)ccc3o2)cc1. The smallest absolute Gasteiger partial charge is 0.293 e. The van der Waals surface area contributed by atoms with Crippen molar-refractivity contribution in [1.82, 2.24) is 4.98 Å². The van der Waals surface area contributed by atoms with Crippen LogP contribution in [0.1, 0.15) is 48.5 Å². The van der Waals surface area contributed by atoms with Crippen LogP contribution < -0.4 is 10.2 Å². The maximum atomic E-state index is 12.9. The number of nitrogens with zero attached hydrogens (tertiary/aromatic N) is 3. The molecular weight excluding hydrogens is 444 g/mol. The minimum atomic E-state index is -0.429. The molecule has 1 amide bonds. The van der Waals surface area contributed by atoms with Gasteiger partial charge in [0.15, 0.2) is 5.58 Å². The second-order valence-electron chi connectivity index (χ2n) is 9.09. The number of hydrogen-bond acceptors (Lipinski definition) is 6. The second kappa shape index (κ2) is 9.21. The van der Waals surface area contributed by atoms with Crippen molar-refractivity contribution in [3.05, 3.63) is 81.9 Å². The van der Waals surface area contributed by atoms with Crippen molar-refractivity contribution >= 4 is 34.1 Å². The van der Waals surface area contributed by atoms with E-state index in [1.165, 1.54) is 11.6 Å². The number of anilines is 2. The highest BCUT2D eigenvalue weighted by molar-refractivity contribution is 6.05. The summed E-state index contributed by atoms with van der Waals surface area (Å²) in [7, 11) is 0. The lowest BCUT2D eigenvalue weighted by Crippen LogP contribution is -2.19. The summed E-state index contributed by atoms with van der Waals surface area (Å²) in [6.45, 7) is 5.86. The Labute approximate surface area is 202 Å². The molecule has 3 aromatic carbocycles. The van der Waals surface area contributed by atoms with Crippen LogP contribution in [0.15, 0.2) is 65.1 Å². The Morgan fingerprint density at radius 1 is 1.06 bits per heavy atom. The minimum Gasteiger partial charge on any atom is -0.436 e. The molecule has 8 nitrogen and oxygen atoms in total. The van der Waals surface area contributed by atoms with E-state index < -0.39 is 10.8 Å². The summed E-state index contributed by atoms with van der Waals surface area (Å²) in [5.74, 6) is 0.525. The highest BCUT2D eigenvalue weighted by atomic mass is 16.6. The van der Waals surface area contributed by atoms with Crippen LogP contribution in [0.25, 0.3) is 22.6 Å². The molecule has 4 aromatic rings. The molecule has 0 radical (unpaired) electrons. The molecule has 1 saturated heterocycles. The third kappa shape index (κ3) is 4.59. The standard InChI is InChI=1S/C27H26N4O4/c1-17(2)18-5-7-19(8-6-18)27-29-22-16-21(10-12-25(22)35-27)28-26(32)20-9-11-23(24(15-20)31(33)34)30-13-3-4-14-30/h5-12,15-17H,3-4,13-14H2,1-2H3,(H,28,32). The van der Waals surface area contributed by atoms with Gasteiger partial charge in [-0.3, -0.25) is 14.9 Å². The molecule has 0 spiro atoms. The largest absolute Gasteiger partial charge is 0.436 e. The number of carbonyl (C=O) groups excluding carboxylic acids is 1. The van der Waals surface area contributed by atoms with Gasteiger partial charge in [0.2, 0.25) is 5.89 Å². The molecule has 1 N–H and O–H groups in total. The number of oxazole rings is 1. The average molecular weight is 471 g/mol. The second-order valence-corrected chi connectivity index (χ2v) is 9.09. The molecular formula is C27H26N4O4. The first kappa shape index (κ1) is 22.6. The number of nitro groups is 1. The Bertz CT molecular complexity index is 1400. The molecule has 1 aliphatic heterocycles. The number of nitro benzene ring substituents is 1. The Morgan fingerprint density at radius 2 is 1.80 bits per heavy atom. The van der Waals surface area contributed by atoms with Gasteiger partial charge in [0, 0.05) is 36.0 Å². The summed E-state index contributed by atoms with van der Waals surface area (Å²) >= 11 is 0. The number of carbonyl (C=O) groups is 1. The van der Waals surface area contributed by atoms with Gasteiger partial charge < -0.3 is 14.6 Å². The van der Waals surface area contributed by atoms with Crippen molar-refractivity contribution < 1.29 is 14.1 Å². The molecule has 5 rings (SSSR count). The Balaban J connectivity index is 1.37. The number of rotatable bonds is 6. The zero-order valence-corrected chi connectivity index (χ0v) is 19.7. The van der Waals surface area contributed by atoms with Crippen LogP contribution in [0, 0.1) is 10.1 Å². The van der Waals surface area contributed by atoms with E-state index in [2.05, 4.69) is 36.3 Å². The molecule has 8 heteroatoms. The quantitative estimate of drug-likeness (QED) is 0.259. The van der Waals surface area contributed by atoms with Crippen LogP contribution in [0.3, 0.4) is 0 Å². The summed E-state index contributed by atoms with van der Waals surface area (Å²) in [4.78, 5) is 30.7. The summed E-state index contributed by atoms with van der Waals surface area (Å²) in [6, 6.07) is 17.9. The van der Waals surface area contributed by atoms with E-state index in [4.69, 9.17) is 4.42 Å². The third-order valence-corrected chi connectivity index (χ3v) is 6.35. The fourth-order valence-electron chi connectivity index (χ4n) is 4.38. The molecule has 0 atom stereocenters. The molecule has 1 aromatic heterocycles. The monoisotopic (exact) mass is 470 g/mol. The van der Waals surface area contributed by atoms with E-state index in [9.17, 15) is 14.9 Å². The van der Waals surface area contributed by atoms with Crippen LogP contribution in [0.5, 0.6) is 0 Å². The van der Waals surface area contributed by atoms with E-state index >= 15 is 0 Å². The average Bonchev–Trinajstić information content (AvgIpc) is 3.53. The summed E-state index contributed by atoms with van der Waals surface area (Å²) in [5, 5.41) is 14.5. The van der Waals surface area contributed by atoms with Gasteiger partial charge >= 0.3 is 0 Å². The Morgan fingerprint density at radius 3 is 2.49 bits per heavy atom. The highest BCUT2D eigenvalue weighted by Gasteiger charge is 2.24. The normalized spacial score (nSPS) is 13.5. The van der Waals surface area contributed by atoms with Crippen molar-refractivity contribution in [1.29, 1.82) is 0 Å². The molecule has 0 saturated carbocycles. The minimum absolute atomic E-state index is 0.0559. The van der Waals surface area contributed by atoms with Gasteiger partial charge in [-0.2, -0.15) is 0 Å². The highest BCUT2D eigenvalue weighted by Crippen LogP contribution is 2.32. The number of amides is 1. The van der Waals surface area contributed by atoms with Gasteiger partial charge in [-0.25, -0.2) is 4.98 Å². The van der Waals surface area contributed by atoms with E-state index in [1.54, 1.807) is 30.3 Å². The zero-order chi connectivity index (χ0) is 24.5. The predicted octanol–water partition coefficient (Wildman–Crippen LogP) is 6.38. The summed E-state index contributed by atoms with van der Waals surface area (Å²) in [6.07, 6.45) is 2.02. The maximum absolute atomic E-state index is 12.9. The van der Waals surface area contributed by atoms with Crippen molar-refractivity contribution in [3.8, 4) is 11.5 Å². The molecule has 0 unspecified atom stereocenters. The predicted molar refractivity (Wildman–Crippen MR) is 136 cm³/mol. The summed E-state index contributed by atoms with van der Waals surface area (Å²) < 4.78 is 5.90. The maximum Gasteiger partial charge on any atom is 0.293 e. The van der Waals surface area contributed by atoms with E-state index in [1.807, 2.05) is 17.0 Å². The fourth-order valence-corrected chi connectivity index (χ4v) is 4.38. The van der Waals surface area contributed by atoms with Gasteiger partial charge in [-0.15, -0.1) is 0 Å². The van der Waals surface area contributed by atoms with Gasteiger partial charge in [-0.05, 0) is 66.8 Å². The molecule has 178 valence electrons. The van der Waals surface area contributed by atoms with Gasteiger partial charge in [0.05, 0.1) is 4.92 Å². The third-order valence-electron chi connectivity index (χ3n) is 6.35. The van der Waals surface area contributed by atoms with Gasteiger partial charge in [0.25, 0.3) is 11.6 Å². The molecule has 2 heterocycles. The molecule has 0 bridgehead atoms. The van der Waals surface area contributed by atoms with Gasteiger partial charge in [0.1, 0.15) is 11.2 Å². The van der Waals surface area contributed by atoms with Crippen molar-refractivity contribution in [2.75, 3.05) is 23.3 Å². The van der Waals surface area contributed by atoms with E-state index in [0.717, 1.165) is 31.5 Å². The molecule has 1 aliphatic rings. The van der Waals surface area contributed by atoms with Crippen LogP contribution >= 0.6 is 0 Å². The lowest BCUT2D eigenvalue weighted by molar-refractivity contribution is -0.384. The fraction of sp³-hybridized carbons (Fsp3) is 0.259. The number of hydrogen-bond donors (Lipinski definition) is 1. The number of aromatic nitrogens is 1. The first-order valence-corrected chi connectivity index (χ1v) is 11.7.